The van der Waals surface area contributed by atoms with Gasteiger partial charge in [0.2, 0.25) is 0 Å². The molecule has 1 saturated heterocycles. The van der Waals surface area contributed by atoms with Gasteiger partial charge in [-0.1, -0.05) is 24.3 Å². The molecule has 0 aromatic heterocycles. The van der Waals surface area contributed by atoms with E-state index in [2.05, 4.69) is 15.0 Å². The Bertz CT molecular complexity index is 1100. The summed E-state index contributed by atoms with van der Waals surface area (Å²) in [5.41, 5.74) is -1.15. The molecule has 0 aliphatic carbocycles. The predicted molar refractivity (Wildman–Crippen MR) is 117 cm³/mol. The van der Waals surface area contributed by atoms with Crippen LogP contribution < -0.4 is 10.2 Å². The molecule has 2 aromatic carbocycles. The number of benzene rings is 2. The van der Waals surface area contributed by atoms with Crippen LogP contribution >= 0.6 is 0 Å². The van der Waals surface area contributed by atoms with Gasteiger partial charge in [0.25, 0.3) is 5.54 Å². The summed E-state index contributed by atoms with van der Waals surface area (Å²) in [4.78, 5) is 0. The smallest absolute Gasteiger partial charge is 0.406 e. The molecule has 0 radical (unpaired) electrons. The van der Waals surface area contributed by atoms with Gasteiger partial charge in [-0.05, 0) is 63.0 Å². The first kappa shape index (κ1) is 25.2. The van der Waals surface area contributed by atoms with Crippen LogP contribution in [0.1, 0.15) is 33.3 Å². The molecular weight excluding hydrogens is 448 g/mol. The number of alkyl halides is 3. The minimum Gasteiger partial charge on any atom is -0.406 e. The van der Waals surface area contributed by atoms with Crippen LogP contribution in [-0.2, 0) is 15.7 Å². The molecule has 1 aliphatic heterocycles. The first-order chi connectivity index (χ1) is 15.8. The standard InChI is InChI=1S/C23H22BF3N4O3/c1-20(2)21(3,4)34-24(33-20)17-7-5-16(6-8-17)13-22(14-28,15-29)31-30-18-9-11-19(12-10-18)32-23(25,26)27/h5-12H,13H2,1-4H3. The summed E-state index contributed by atoms with van der Waals surface area (Å²) in [5, 5.41) is 27.0. The highest BCUT2D eigenvalue weighted by atomic mass is 19.4. The Labute approximate surface area is 195 Å². The average molecular weight is 470 g/mol. The highest BCUT2D eigenvalue weighted by Gasteiger charge is 2.51. The van der Waals surface area contributed by atoms with Crippen molar-refractivity contribution in [2.45, 2.75) is 57.2 Å². The molecule has 0 atom stereocenters. The van der Waals surface area contributed by atoms with E-state index >= 15 is 0 Å². The maximum atomic E-state index is 12.3. The molecule has 11 heteroatoms. The summed E-state index contributed by atoms with van der Waals surface area (Å²) in [6.45, 7) is 7.82. The molecule has 0 bridgehead atoms. The molecule has 7 nitrogen and oxygen atoms in total. The number of nitriles is 2. The molecular formula is C23H22BF3N4O3. The topological polar surface area (TPSA) is 100.0 Å². The molecule has 1 fully saturated rings. The van der Waals surface area contributed by atoms with E-state index < -0.39 is 36.0 Å². The summed E-state index contributed by atoms with van der Waals surface area (Å²) in [7, 11) is -0.542. The third-order valence-electron chi connectivity index (χ3n) is 5.74. The number of nitrogens with zero attached hydrogens (tertiary/aromatic N) is 4. The van der Waals surface area contributed by atoms with Gasteiger partial charge >= 0.3 is 13.5 Å². The van der Waals surface area contributed by atoms with Crippen molar-refractivity contribution in [1.29, 1.82) is 10.5 Å². The van der Waals surface area contributed by atoms with Crippen molar-refractivity contribution in [3.05, 3.63) is 54.1 Å². The molecule has 34 heavy (non-hydrogen) atoms. The van der Waals surface area contributed by atoms with E-state index in [4.69, 9.17) is 9.31 Å². The molecule has 2 aromatic rings. The van der Waals surface area contributed by atoms with E-state index in [9.17, 15) is 23.7 Å². The fourth-order valence-electron chi connectivity index (χ4n) is 3.11. The van der Waals surface area contributed by atoms with E-state index in [1.165, 1.54) is 12.1 Å². The number of hydrogen-bond donors (Lipinski definition) is 0. The number of halogens is 3. The van der Waals surface area contributed by atoms with Crippen molar-refractivity contribution in [3.63, 3.8) is 0 Å². The lowest BCUT2D eigenvalue weighted by atomic mass is 9.78. The fraction of sp³-hybridized carbons (Fsp3) is 0.391. The van der Waals surface area contributed by atoms with Crippen molar-refractivity contribution >= 4 is 18.3 Å². The zero-order valence-corrected chi connectivity index (χ0v) is 19.1. The number of hydrogen-bond acceptors (Lipinski definition) is 7. The second-order valence-electron chi connectivity index (χ2n) is 8.83. The lowest BCUT2D eigenvalue weighted by Crippen LogP contribution is -2.41. The second-order valence-corrected chi connectivity index (χ2v) is 8.83. The van der Waals surface area contributed by atoms with Gasteiger partial charge in [0.05, 0.1) is 16.9 Å². The van der Waals surface area contributed by atoms with Crippen molar-refractivity contribution in [2.24, 2.45) is 10.2 Å². The van der Waals surface area contributed by atoms with E-state index in [1.54, 1.807) is 24.3 Å². The van der Waals surface area contributed by atoms with Crippen LogP contribution in [0, 0.1) is 22.7 Å². The summed E-state index contributed by atoms with van der Waals surface area (Å²) >= 11 is 0. The molecule has 3 rings (SSSR count). The van der Waals surface area contributed by atoms with Crippen LogP contribution in [0.2, 0.25) is 0 Å². The maximum Gasteiger partial charge on any atom is 0.573 e. The quantitative estimate of drug-likeness (QED) is 0.437. The molecule has 1 aliphatic rings. The Hall–Kier alpha value is -3.41. The molecule has 0 N–H and O–H groups in total. The maximum absolute atomic E-state index is 12.3. The van der Waals surface area contributed by atoms with Crippen molar-refractivity contribution < 1.29 is 27.2 Å². The Morgan fingerprint density at radius 1 is 0.912 bits per heavy atom. The number of rotatable bonds is 6. The molecule has 0 spiro atoms. The Morgan fingerprint density at radius 3 is 1.91 bits per heavy atom. The summed E-state index contributed by atoms with van der Waals surface area (Å²) < 4.78 is 52.7. The zero-order valence-electron chi connectivity index (χ0n) is 19.1. The minimum absolute atomic E-state index is 0.0393. The highest BCUT2D eigenvalue weighted by Crippen LogP contribution is 2.36. The van der Waals surface area contributed by atoms with E-state index in [-0.39, 0.29) is 12.1 Å². The third-order valence-corrected chi connectivity index (χ3v) is 5.74. The Morgan fingerprint density at radius 2 is 1.44 bits per heavy atom. The molecule has 0 saturated carbocycles. The summed E-state index contributed by atoms with van der Waals surface area (Å²) in [6, 6.07) is 15.5. The molecule has 1 heterocycles. The largest absolute Gasteiger partial charge is 0.573 e. The van der Waals surface area contributed by atoms with Crippen LogP contribution in [0.3, 0.4) is 0 Å². The van der Waals surface area contributed by atoms with Crippen molar-refractivity contribution in [2.75, 3.05) is 0 Å². The van der Waals surface area contributed by atoms with Crippen LogP contribution in [0.15, 0.2) is 58.8 Å². The number of ether oxygens (including phenoxy) is 1. The van der Waals surface area contributed by atoms with E-state index in [0.29, 0.717) is 5.56 Å². The lowest BCUT2D eigenvalue weighted by molar-refractivity contribution is -0.274. The third kappa shape index (κ3) is 5.74. The summed E-state index contributed by atoms with van der Waals surface area (Å²) in [5.74, 6) is -0.416. The van der Waals surface area contributed by atoms with Gasteiger partial charge in [0.1, 0.15) is 17.9 Å². The summed E-state index contributed by atoms with van der Waals surface area (Å²) in [6.07, 6.45) is -4.85. The van der Waals surface area contributed by atoms with Crippen LogP contribution in [0.25, 0.3) is 0 Å². The van der Waals surface area contributed by atoms with Gasteiger partial charge < -0.3 is 14.0 Å². The first-order valence-corrected chi connectivity index (χ1v) is 10.3. The Balaban J connectivity index is 1.72. The molecule has 0 unspecified atom stereocenters. The predicted octanol–water partition coefficient (Wildman–Crippen LogP) is 5.00. The van der Waals surface area contributed by atoms with Crippen LogP contribution in [0.5, 0.6) is 5.75 Å². The zero-order chi connectivity index (χ0) is 25.2. The van der Waals surface area contributed by atoms with Gasteiger partial charge in [-0.3, -0.25) is 0 Å². The fourth-order valence-corrected chi connectivity index (χ4v) is 3.11. The Kier molecular flexibility index (Phi) is 6.74. The highest BCUT2D eigenvalue weighted by molar-refractivity contribution is 6.62. The van der Waals surface area contributed by atoms with Crippen molar-refractivity contribution in [1.82, 2.24) is 0 Å². The number of azo groups is 1. The van der Waals surface area contributed by atoms with E-state index in [1.807, 2.05) is 39.8 Å². The monoisotopic (exact) mass is 470 g/mol. The van der Waals surface area contributed by atoms with E-state index in [0.717, 1.165) is 17.6 Å². The van der Waals surface area contributed by atoms with Crippen LogP contribution in [-0.4, -0.2) is 30.2 Å². The van der Waals surface area contributed by atoms with Gasteiger partial charge in [-0.25, -0.2) is 0 Å². The SMILES string of the molecule is CC1(C)OB(c2ccc(CC(C#N)(C#N)N=Nc3ccc(OC(F)(F)F)cc3)cc2)OC1(C)C. The second kappa shape index (κ2) is 9.09. The molecule has 0 amide bonds. The normalized spacial score (nSPS) is 17.4. The average Bonchev–Trinajstić information content (AvgIpc) is 2.98. The van der Waals surface area contributed by atoms with Crippen LogP contribution in [0.4, 0.5) is 18.9 Å². The van der Waals surface area contributed by atoms with Gasteiger partial charge in [-0.2, -0.15) is 20.8 Å². The van der Waals surface area contributed by atoms with Gasteiger partial charge in [0.15, 0.2) is 0 Å². The van der Waals surface area contributed by atoms with Gasteiger partial charge in [0, 0.05) is 6.42 Å². The minimum atomic E-state index is -4.81. The molecule has 176 valence electrons. The lowest BCUT2D eigenvalue weighted by Gasteiger charge is -2.32. The van der Waals surface area contributed by atoms with Crippen molar-refractivity contribution in [3.8, 4) is 17.9 Å². The van der Waals surface area contributed by atoms with Gasteiger partial charge in [-0.15, -0.1) is 13.2 Å². The first-order valence-electron chi connectivity index (χ1n) is 10.3.